The molecular formula is C17H21N5O. The molecular weight excluding hydrogens is 290 g/mol. The average molecular weight is 311 g/mol. The van der Waals surface area contributed by atoms with Crippen molar-refractivity contribution in [3.05, 3.63) is 48.2 Å². The van der Waals surface area contributed by atoms with Crippen LogP contribution in [0.4, 0.5) is 17.2 Å². The quantitative estimate of drug-likeness (QED) is 0.844. The highest BCUT2D eigenvalue weighted by atomic mass is 16.1. The molecule has 23 heavy (non-hydrogen) atoms. The summed E-state index contributed by atoms with van der Waals surface area (Å²) in [6.45, 7) is 3.83. The number of aromatic nitrogens is 1. The molecule has 2 aromatic rings. The molecule has 3 N–H and O–H groups in total. The Labute approximate surface area is 135 Å². The number of likely N-dealkylation sites (N-methyl/N-ethyl adjacent to an activating group) is 1. The molecule has 0 bridgehead atoms. The molecule has 6 nitrogen and oxygen atoms in total. The fourth-order valence-corrected chi connectivity index (χ4v) is 2.57. The number of nitrogens with two attached hydrogens (primary N) is 1. The summed E-state index contributed by atoms with van der Waals surface area (Å²) in [6.07, 6.45) is 1.68. The van der Waals surface area contributed by atoms with Gasteiger partial charge in [-0.3, -0.25) is 4.79 Å². The van der Waals surface area contributed by atoms with Gasteiger partial charge in [-0.05, 0) is 31.3 Å². The highest BCUT2D eigenvalue weighted by Gasteiger charge is 2.17. The average Bonchev–Trinajstić information content (AvgIpc) is 2.58. The molecule has 2 heterocycles. The van der Waals surface area contributed by atoms with Crippen molar-refractivity contribution >= 4 is 23.1 Å². The Morgan fingerprint density at radius 2 is 1.91 bits per heavy atom. The van der Waals surface area contributed by atoms with E-state index in [2.05, 4.69) is 27.1 Å². The summed E-state index contributed by atoms with van der Waals surface area (Å²) in [5, 5.41) is 2.85. The number of benzene rings is 1. The maximum atomic E-state index is 12.4. The third kappa shape index (κ3) is 3.60. The van der Waals surface area contributed by atoms with Gasteiger partial charge in [0.15, 0.2) is 0 Å². The summed E-state index contributed by atoms with van der Waals surface area (Å²) in [6, 6.07) is 10.8. The second-order valence-corrected chi connectivity index (χ2v) is 5.73. The third-order valence-corrected chi connectivity index (χ3v) is 4.04. The number of piperazine rings is 1. The lowest BCUT2D eigenvalue weighted by atomic mass is 10.2. The van der Waals surface area contributed by atoms with Crippen molar-refractivity contribution in [1.82, 2.24) is 9.88 Å². The van der Waals surface area contributed by atoms with Crippen molar-refractivity contribution in [3.63, 3.8) is 0 Å². The molecule has 1 saturated heterocycles. The maximum Gasteiger partial charge on any atom is 0.255 e. The Bertz CT molecular complexity index is 695. The summed E-state index contributed by atoms with van der Waals surface area (Å²) in [5.74, 6) is 0.660. The number of hydrogen-bond donors (Lipinski definition) is 2. The molecule has 1 aliphatic rings. The molecule has 0 radical (unpaired) electrons. The van der Waals surface area contributed by atoms with E-state index in [1.807, 2.05) is 18.2 Å². The Kier molecular flexibility index (Phi) is 4.43. The van der Waals surface area contributed by atoms with E-state index in [1.165, 1.54) is 0 Å². The van der Waals surface area contributed by atoms with Crippen molar-refractivity contribution < 1.29 is 4.79 Å². The molecule has 0 saturated carbocycles. The number of amides is 1. The van der Waals surface area contributed by atoms with Crippen LogP contribution in [0.3, 0.4) is 0 Å². The van der Waals surface area contributed by atoms with E-state index in [0.29, 0.717) is 16.9 Å². The molecule has 0 spiro atoms. The number of rotatable bonds is 3. The van der Waals surface area contributed by atoms with Crippen LogP contribution in [-0.4, -0.2) is 49.0 Å². The Morgan fingerprint density at radius 1 is 1.17 bits per heavy atom. The van der Waals surface area contributed by atoms with E-state index in [0.717, 1.165) is 32.0 Å². The molecule has 1 aliphatic heterocycles. The standard InChI is InChI=1S/C17H21N5O/c1-21-8-10-22(11-9-21)16-12-13(6-7-19-16)17(23)20-15-5-3-2-4-14(15)18/h2-7,12H,8-11,18H2,1H3,(H,20,23). The first kappa shape index (κ1) is 15.3. The number of para-hydroxylation sites is 2. The van der Waals surface area contributed by atoms with Crippen LogP contribution in [0.2, 0.25) is 0 Å². The number of nitrogens with zero attached hydrogens (tertiary/aromatic N) is 3. The van der Waals surface area contributed by atoms with Gasteiger partial charge in [-0.1, -0.05) is 12.1 Å². The number of hydrogen-bond acceptors (Lipinski definition) is 5. The number of nitrogen functional groups attached to an aromatic ring is 1. The zero-order valence-electron chi connectivity index (χ0n) is 13.2. The van der Waals surface area contributed by atoms with E-state index in [9.17, 15) is 4.79 Å². The largest absolute Gasteiger partial charge is 0.397 e. The van der Waals surface area contributed by atoms with Crippen LogP contribution in [0.1, 0.15) is 10.4 Å². The summed E-state index contributed by atoms with van der Waals surface area (Å²) in [4.78, 5) is 21.3. The zero-order chi connectivity index (χ0) is 16.2. The topological polar surface area (TPSA) is 74.5 Å². The van der Waals surface area contributed by atoms with Gasteiger partial charge in [0.2, 0.25) is 0 Å². The van der Waals surface area contributed by atoms with Gasteiger partial charge in [0.25, 0.3) is 5.91 Å². The number of carbonyl (C=O) groups is 1. The summed E-state index contributed by atoms with van der Waals surface area (Å²) in [5.41, 5.74) is 7.62. The SMILES string of the molecule is CN1CCN(c2cc(C(=O)Nc3ccccc3N)ccn2)CC1. The highest BCUT2D eigenvalue weighted by molar-refractivity contribution is 6.06. The minimum atomic E-state index is -0.180. The van der Waals surface area contributed by atoms with Crippen LogP contribution in [0.15, 0.2) is 42.6 Å². The molecule has 0 atom stereocenters. The number of carbonyl (C=O) groups excluding carboxylic acids is 1. The van der Waals surface area contributed by atoms with Crippen LogP contribution in [-0.2, 0) is 0 Å². The first-order valence-electron chi connectivity index (χ1n) is 7.69. The fourth-order valence-electron chi connectivity index (χ4n) is 2.57. The van der Waals surface area contributed by atoms with Crippen molar-refractivity contribution in [2.45, 2.75) is 0 Å². The zero-order valence-corrected chi connectivity index (χ0v) is 13.2. The lowest BCUT2D eigenvalue weighted by molar-refractivity contribution is 0.102. The molecule has 1 aromatic carbocycles. The van der Waals surface area contributed by atoms with E-state index < -0.39 is 0 Å². The van der Waals surface area contributed by atoms with Gasteiger partial charge in [0, 0.05) is 37.9 Å². The van der Waals surface area contributed by atoms with Crippen molar-refractivity contribution in [2.75, 3.05) is 49.2 Å². The van der Waals surface area contributed by atoms with Gasteiger partial charge in [0.1, 0.15) is 5.82 Å². The van der Waals surface area contributed by atoms with Crippen LogP contribution in [0, 0.1) is 0 Å². The Morgan fingerprint density at radius 3 is 2.65 bits per heavy atom. The lowest BCUT2D eigenvalue weighted by Crippen LogP contribution is -2.44. The Balaban J connectivity index is 1.74. The summed E-state index contributed by atoms with van der Waals surface area (Å²) < 4.78 is 0. The van der Waals surface area contributed by atoms with Gasteiger partial charge in [-0.15, -0.1) is 0 Å². The monoisotopic (exact) mass is 311 g/mol. The van der Waals surface area contributed by atoms with E-state index in [4.69, 9.17) is 5.73 Å². The van der Waals surface area contributed by atoms with Gasteiger partial charge in [0.05, 0.1) is 11.4 Å². The lowest BCUT2D eigenvalue weighted by Gasteiger charge is -2.33. The van der Waals surface area contributed by atoms with Gasteiger partial charge in [-0.25, -0.2) is 4.98 Å². The highest BCUT2D eigenvalue weighted by Crippen LogP contribution is 2.19. The van der Waals surface area contributed by atoms with Gasteiger partial charge < -0.3 is 20.9 Å². The minimum Gasteiger partial charge on any atom is -0.397 e. The van der Waals surface area contributed by atoms with Crippen molar-refractivity contribution in [3.8, 4) is 0 Å². The smallest absolute Gasteiger partial charge is 0.255 e. The molecule has 1 aromatic heterocycles. The van der Waals surface area contributed by atoms with Gasteiger partial charge >= 0.3 is 0 Å². The summed E-state index contributed by atoms with van der Waals surface area (Å²) in [7, 11) is 2.11. The molecule has 6 heteroatoms. The van der Waals surface area contributed by atoms with E-state index >= 15 is 0 Å². The van der Waals surface area contributed by atoms with Crippen LogP contribution < -0.4 is 16.0 Å². The second kappa shape index (κ2) is 6.66. The van der Waals surface area contributed by atoms with E-state index in [-0.39, 0.29) is 5.91 Å². The van der Waals surface area contributed by atoms with Crippen molar-refractivity contribution in [2.24, 2.45) is 0 Å². The summed E-state index contributed by atoms with van der Waals surface area (Å²) >= 11 is 0. The minimum absolute atomic E-state index is 0.180. The normalized spacial score (nSPS) is 15.4. The third-order valence-electron chi connectivity index (χ3n) is 4.04. The van der Waals surface area contributed by atoms with E-state index in [1.54, 1.807) is 24.4 Å². The Hall–Kier alpha value is -2.60. The predicted octanol–water partition coefficient (Wildman–Crippen LogP) is 1.67. The predicted molar refractivity (Wildman–Crippen MR) is 92.8 cm³/mol. The van der Waals surface area contributed by atoms with Gasteiger partial charge in [-0.2, -0.15) is 0 Å². The maximum absolute atomic E-state index is 12.4. The number of anilines is 3. The molecule has 120 valence electrons. The first-order chi connectivity index (χ1) is 11.1. The molecule has 0 aliphatic carbocycles. The second-order valence-electron chi connectivity index (χ2n) is 5.73. The number of pyridine rings is 1. The first-order valence-corrected chi connectivity index (χ1v) is 7.69. The molecule has 3 rings (SSSR count). The molecule has 1 amide bonds. The van der Waals surface area contributed by atoms with Crippen LogP contribution >= 0.6 is 0 Å². The molecule has 1 fully saturated rings. The van der Waals surface area contributed by atoms with Crippen LogP contribution in [0.5, 0.6) is 0 Å². The van der Waals surface area contributed by atoms with Crippen molar-refractivity contribution in [1.29, 1.82) is 0 Å². The fraction of sp³-hybridized carbons (Fsp3) is 0.294. The molecule has 0 unspecified atom stereocenters. The van der Waals surface area contributed by atoms with Crippen LogP contribution in [0.25, 0.3) is 0 Å². The number of nitrogens with one attached hydrogen (secondary N) is 1.